The Balaban J connectivity index is 1.49. The molecule has 2 aliphatic heterocycles. The number of halogens is 1. The van der Waals surface area contributed by atoms with E-state index < -0.39 is 23.9 Å². The summed E-state index contributed by atoms with van der Waals surface area (Å²) in [4.78, 5) is 39.1. The summed E-state index contributed by atoms with van der Waals surface area (Å²) in [6.07, 6.45) is 0. The summed E-state index contributed by atoms with van der Waals surface area (Å²) in [5, 5.41) is 11.9. The van der Waals surface area contributed by atoms with Crippen LogP contribution in [0.15, 0.2) is 63.3 Å². The topological polar surface area (TPSA) is 94.4 Å². The first-order valence-corrected chi connectivity index (χ1v) is 9.41. The zero-order valence-corrected chi connectivity index (χ0v) is 16.5. The summed E-state index contributed by atoms with van der Waals surface area (Å²) in [6.45, 7) is 1.71. The van der Waals surface area contributed by atoms with Crippen LogP contribution in [0.3, 0.4) is 0 Å². The number of hydrogen-bond donors (Lipinski definition) is 1. The first-order chi connectivity index (χ1) is 13.5. The Morgan fingerprint density at radius 1 is 1.11 bits per heavy atom. The second-order valence-corrected chi connectivity index (χ2v) is 7.46. The number of fused-ring (bicyclic) bond motifs is 1. The number of benzene rings is 2. The second-order valence-electron chi connectivity index (χ2n) is 6.54. The molecule has 0 bridgehead atoms. The van der Waals surface area contributed by atoms with Crippen LogP contribution in [0.4, 0.5) is 11.4 Å². The Hall–Kier alpha value is -3.07. The van der Waals surface area contributed by atoms with Gasteiger partial charge in [0, 0.05) is 10.2 Å². The number of amides is 3. The van der Waals surface area contributed by atoms with E-state index in [0.717, 1.165) is 14.9 Å². The highest BCUT2D eigenvalue weighted by atomic mass is 79.9. The zero-order valence-electron chi connectivity index (χ0n) is 14.9. The van der Waals surface area contributed by atoms with E-state index in [2.05, 4.69) is 31.6 Å². The molecule has 142 valence electrons. The number of carbonyl (C=O) groups is 3. The number of aryl methyl sites for hydroxylation is 1. The minimum absolute atomic E-state index is 0.174. The van der Waals surface area contributed by atoms with Gasteiger partial charge < -0.3 is 5.32 Å². The van der Waals surface area contributed by atoms with Crippen molar-refractivity contribution in [2.45, 2.75) is 19.0 Å². The van der Waals surface area contributed by atoms with Gasteiger partial charge in [-0.3, -0.25) is 19.4 Å². The molecular weight excluding hydrogens is 426 g/mol. The van der Waals surface area contributed by atoms with Crippen molar-refractivity contribution in [1.82, 2.24) is 5.01 Å². The lowest BCUT2D eigenvalue weighted by molar-refractivity contribution is -0.123. The third-order valence-electron chi connectivity index (χ3n) is 4.67. The van der Waals surface area contributed by atoms with Crippen LogP contribution < -0.4 is 10.2 Å². The van der Waals surface area contributed by atoms with Gasteiger partial charge in [-0.15, -0.1) is 0 Å². The van der Waals surface area contributed by atoms with Crippen LogP contribution in [-0.2, 0) is 14.4 Å². The fourth-order valence-corrected chi connectivity index (χ4v) is 3.51. The molecule has 2 aliphatic rings. The number of nitrogens with zero attached hydrogens (tertiary/aromatic N) is 4. The van der Waals surface area contributed by atoms with Crippen LogP contribution in [0.25, 0.3) is 0 Å². The molecule has 2 atom stereocenters. The molecule has 0 unspecified atom stereocenters. The summed E-state index contributed by atoms with van der Waals surface area (Å²) < 4.78 is 0.838. The van der Waals surface area contributed by atoms with Gasteiger partial charge in [-0.1, -0.05) is 39.4 Å². The minimum Gasteiger partial charge on any atom is -0.324 e. The van der Waals surface area contributed by atoms with Crippen molar-refractivity contribution < 1.29 is 14.4 Å². The number of carbonyl (C=O) groups excluding carboxylic acids is 3. The molecule has 3 amide bonds. The number of para-hydroxylation sites is 1. The summed E-state index contributed by atoms with van der Waals surface area (Å²) in [5.74, 6) is -1.22. The monoisotopic (exact) mass is 441 g/mol. The van der Waals surface area contributed by atoms with Gasteiger partial charge in [0.15, 0.2) is 12.1 Å². The fraction of sp³-hybridized carbons (Fsp3) is 0.211. The Morgan fingerprint density at radius 3 is 2.54 bits per heavy atom. The van der Waals surface area contributed by atoms with Crippen molar-refractivity contribution in [3.05, 3.63) is 58.6 Å². The highest BCUT2D eigenvalue weighted by Gasteiger charge is 2.55. The van der Waals surface area contributed by atoms with Crippen molar-refractivity contribution in [3.63, 3.8) is 0 Å². The molecule has 1 saturated heterocycles. The first-order valence-electron chi connectivity index (χ1n) is 8.62. The quantitative estimate of drug-likeness (QED) is 0.737. The van der Waals surface area contributed by atoms with Gasteiger partial charge in [-0.2, -0.15) is 5.11 Å². The molecule has 0 saturated carbocycles. The van der Waals surface area contributed by atoms with Crippen molar-refractivity contribution >= 4 is 45.0 Å². The molecule has 2 aromatic carbocycles. The first kappa shape index (κ1) is 18.3. The summed E-state index contributed by atoms with van der Waals surface area (Å²) in [6, 6.07) is 12.4. The molecular formula is C19H16BrN5O3. The normalized spacial score (nSPS) is 20.6. The Morgan fingerprint density at radius 2 is 1.82 bits per heavy atom. The van der Waals surface area contributed by atoms with Gasteiger partial charge in [0.05, 0.1) is 5.69 Å². The second kappa shape index (κ2) is 7.16. The van der Waals surface area contributed by atoms with Gasteiger partial charge in [-0.05, 0) is 42.8 Å². The standard InChI is InChI=1S/C19H16BrN5O3/c1-11-4-2-3-5-14(11)21-15(26)10-24-17-16(22-23-24)18(27)25(19(17)28)13-8-6-12(20)7-9-13/h2-9,16-17H,10H2,1H3,(H,21,26)/t16-,17+/m1/s1. The molecule has 1 N–H and O–H groups in total. The van der Waals surface area contributed by atoms with Crippen molar-refractivity contribution in [2.75, 3.05) is 16.8 Å². The van der Waals surface area contributed by atoms with E-state index in [1.807, 2.05) is 25.1 Å². The average Bonchev–Trinajstić information content (AvgIpc) is 3.18. The SMILES string of the molecule is Cc1ccccc1NC(=O)CN1N=N[C@H]2C(=O)N(c3ccc(Br)cc3)C(=O)[C@H]21. The number of imide groups is 1. The maximum absolute atomic E-state index is 12.9. The lowest BCUT2D eigenvalue weighted by atomic mass is 10.1. The molecule has 0 aromatic heterocycles. The predicted molar refractivity (Wildman–Crippen MR) is 106 cm³/mol. The van der Waals surface area contributed by atoms with Crippen molar-refractivity contribution in [3.8, 4) is 0 Å². The summed E-state index contributed by atoms with van der Waals surface area (Å²) in [5.41, 5.74) is 2.07. The molecule has 0 aliphatic carbocycles. The third-order valence-corrected chi connectivity index (χ3v) is 5.20. The minimum atomic E-state index is -0.928. The van der Waals surface area contributed by atoms with Gasteiger partial charge >= 0.3 is 0 Å². The van der Waals surface area contributed by atoms with Crippen LogP contribution >= 0.6 is 15.9 Å². The number of anilines is 2. The van der Waals surface area contributed by atoms with Gasteiger partial charge in [0.2, 0.25) is 5.91 Å². The van der Waals surface area contributed by atoms with E-state index in [4.69, 9.17) is 0 Å². The molecule has 0 radical (unpaired) electrons. The number of nitrogens with one attached hydrogen (secondary N) is 1. The predicted octanol–water partition coefficient (Wildman–Crippen LogP) is 2.69. The summed E-state index contributed by atoms with van der Waals surface area (Å²) >= 11 is 3.33. The molecule has 8 nitrogen and oxygen atoms in total. The lowest BCUT2D eigenvalue weighted by Crippen LogP contribution is -2.43. The van der Waals surface area contributed by atoms with E-state index in [9.17, 15) is 14.4 Å². The largest absolute Gasteiger partial charge is 0.324 e. The van der Waals surface area contributed by atoms with Crippen LogP contribution in [0, 0.1) is 6.92 Å². The van der Waals surface area contributed by atoms with Crippen molar-refractivity contribution in [1.29, 1.82) is 0 Å². The average molecular weight is 442 g/mol. The maximum Gasteiger partial charge on any atom is 0.263 e. The van der Waals surface area contributed by atoms with Crippen LogP contribution in [-0.4, -0.2) is 41.4 Å². The number of rotatable bonds is 4. The van der Waals surface area contributed by atoms with E-state index in [0.29, 0.717) is 11.4 Å². The van der Waals surface area contributed by atoms with Crippen LogP contribution in [0.1, 0.15) is 5.56 Å². The van der Waals surface area contributed by atoms with Gasteiger partial charge in [-0.25, -0.2) is 4.90 Å². The number of hydrogen-bond acceptors (Lipinski definition) is 6. The molecule has 2 heterocycles. The molecule has 2 aromatic rings. The fourth-order valence-electron chi connectivity index (χ4n) is 3.25. The summed E-state index contributed by atoms with van der Waals surface area (Å²) in [7, 11) is 0. The van der Waals surface area contributed by atoms with Crippen LogP contribution in [0.2, 0.25) is 0 Å². The Kier molecular flexibility index (Phi) is 4.68. The molecule has 28 heavy (non-hydrogen) atoms. The van der Waals surface area contributed by atoms with E-state index >= 15 is 0 Å². The van der Waals surface area contributed by atoms with Gasteiger partial charge in [0.1, 0.15) is 6.54 Å². The van der Waals surface area contributed by atoms with Crippen LogP contribution in [0.5, 0.6) is 0 Å². The van der Waals surface area contributed by atoms with E-state index in [-0.39, 0.29) is 12.5 Å². The highest BCUT2D eigenvalue weighted by Crippen LogP contribution is 2.32. The maximum atomic E-state index is 12.9. The lowest BCUT2D eigenvalue weighted by Gasteiger charge is -2.20. The van der Waals surface area contributed by atoms with Gasteiger partial charge in [0.25, 0.3) is 11.8 Å². The smallest absolute Gasteiger partial charge is 0.263 e. The highest BCUT2D eigenvalue weighted by molar-refractivity contribution is 9.10. The molecule has 0 spiro atoms. The van der Waals surface area contributed by atoms with E-state index in [1.165, 1.54) is 5.01 Å². The van der Waals surface area contributed by atoms with E-state index in [1.54, 1.807) is 30.3 Å². The van der Waals surface area contributed by atoms with Crippen molar-refractivity contribution in [2.24, 2.45) is 10.3 Å². The Bertz CT molecular complexity index is 991. The Labute approximate surface area is 169 Å². The molecule has 4 rings (SSSR count). The zero-order chi connectivity index (χ0) is 19.8. The molecule has 1 fully saturated rings. The third kappa shape index (κ3) is 3.18. The molecule has 9 heteroatoms.